The molecule has 0 aromatic heterocycles. The van der Waals surface area contributed by atoms with Gasteiger partial charge in [0.05, 0.1) is 6.10 Å². The van der Waals surface area contributed by atoms with Gasteiger partial charge in [-0.1, -0.05) is 12.1 Å². The third kappa shape index (κ3) is 4.90. The lowest BCUT2D eigenvalue weighted by Crippen LogP contribution is -2.36. The van der Waals surface area contributed by atoms with Gasteiger partial charge in [-0.3, -0.25) is 11.3 Å². The van der Waals surface area contributed by atoms with Crippen LogP contribution in [0.5, 0.6) is 0 Å². The molecule has 1 aliphatic rings. The lowest BCUT2D eigenvalue weighted by molar-refractivity contribution is 0.101. The molecule has 0 spiro atoms. The highest BCUT2D eigenvalue weighted by Crippen LogP contribution is 2.18. The highest BCUT2D eigenvalue weighted by molar-refractivity contribution is 5.17. The Morgan fingerprint density at radius 2 is 2.16 bits per heavy atom. The summed E-state index contributed by atoms with van der Waals surface area (Å²) < 4.78 is 18.4. The minimum absolute atomic E-state index is 0.195. The van der Waals surface area contributed by atoms with Gasteiger partial charge in [0.15, 0.2) is 0 Å². The second kappa shape index (κ2) is 7.58. The fourth-order valence-electron chi connectivity index (χ4n) is 2.61. The zero-order valence-corrected chi connectivity index (χ0v) is 11.3. The molecule has 0 bridgehead atoms. The minimum Gasteiger partial charge on any atom is -0.378 e. The highest BCUT2D eigenvalue weighted by atomic mass is 19.1. The summed E-state index contributed by atoms with van der Waals surface area (Å²) in [6, 6.07) is 6.87. The molecule has 1 aromatic rings. The van der Waals surface area contributed by atoms with E-state index >= 15 is 0 Å². The Labute approximate surface area is 114 Å². The van der Waals surface area contributed by atoms with Crippen molar-refractivity contribution >= 4 is 0 Å². The van der Waals surface area contributed by atoms with Gasteiger partial charge in [-0.15, -0.1) is 0 Å². The van der Waals surface area contributed by atoms with Crippen molar-refractivity contribution < 1.29 is 9.13 Å². The van der Waals surface area contributed by atoms with Crippen LogP contribution in [0.25, 0.3) is 0 Å². The van der Waals surface area contributed by atoms with Gasteiger partial charge in [-0.2, -0.15) is 0 Å². The molecule has 1 aromatic carbocycles. The maximum absolute atomic E-state index is 12.8. The average Bonchev–Trinajstić information content (AvgIpc) is 2.93. The van der Waals surface area contributed by atoms with E-state index in [2.05, 4.69) is 5.43 Å². The summed E-state index contributed by atoms with van der Waals surface area (Å²) in [6.45, 7) is 0.915. The van der Waals surface area contributed by atoms with E-state index in [0.717, 1.165) is 37.9 Å². The summed E-state index contributed by atoms with van der Waals surface area (Å²) >= 11 is 0. The predicted molar refractivity (Wildman–Crippen MR) is 74.0 cm³/mol. The molecular formula is C15H23FN2O. The monoisotopic (exact) mass is 266 g/mol. The molecule has 2 atom stereocenters. The first-order valence-corrected chi connectivity index (χ1v) is 7.10. The number of hydrogen-bond acceptors (Lipinski definition) is 3. The van der Waals surface area contributed by atoms with Crippen molar-refractivity contribution in [2.24, 2.45) is 5.84 Å². The van der Waals surface area contributed by atoms with Crippen LogP contribution in [0, 0.1) is 5.82 Å². The molecule has 4 heteroatoms. The maximum atomic E-state index is 12.8. The van der Waals surface area contributed by atoms with Gasteiger partial charge in [0.2, 0.25) is 0 Å². The van der Waals surface area contributed by atoms with Crippen LogP contribution in [0.4, 0.5) is 4.39 Å². The third-order valence-electron chi connectivity index (χ3n) is 3.73. The number of nitrogens with one attached hydrogen (secondary N) is 1. The van der Waals surface area contributed by atoms with E-state index in [4.69, 9.17) is 10.6 Å². The van der Waals surface area contributed by atoms with Gasteiger partial charge in [-0.05, 0) is 56.2 Å². The van der Waals surface area contributed by atoms with Gasteiger partial charge in [-0.25, -0.2) is 4.39 Å². The minimum atomic E-state index is -0.195. The number of rotatable bonds is 7. The van der Waals surface area contributed by atoms with Gasteiger partial charge in [0, 0.05) is 12.6 Å². The van der Waals surface area contributed by atoms with Crippen LogP contribution in [0.15, 0.2) is 24.3 Å². The molecule has 3 nitrogen and oxygen atoms in total. The summed E-state index contributed by atoms with van der Waals surface area (Å²) in [6.07, 6.45) is 6.92. The molecule has 0 aliphatic carbocycles. The molecule has 0 radical (unpaired) electrons. The second-order valence-corrected chi connectivity index (χ2v) is 5.26. The van der Waals surface area contributed by atoms with Gasteiger partial charge >= 0.3 is 0 Å². The largest absolute Gasteiger partial charge is 0.378 e. The molecule has 3 N–H and O–H groups in total. The Balaban J connectivity index is 1.71. The third-order valence-corrected chi connectivity index (χ3v) is 3.73. The summed E-state index contributed by atoms with van der Waals surface area (Å²) in [4.78, 5) is 0. The molecular weight excluding hydrogens is 243 g/mol. The number of hydrogen-bond donors (Lipinski definition) is 2. The van der Waals surface area contributed by atoms with E-state index in [1.165, 1.54) is 25.0 Å². The number of nitrogens with two attached hydrogens (primary N) is 1. The zero-order chi connectivity index (χ0) is 13.5. The molecule has 19 heavy (non-hydrogen) atoms. The smallest absolute Gasteiger partial charge is 0.123 e. The fourth-order valence-corrected chi connectivity index (χ4v) is 2.61. The normalized spacial score (nSPS) is 20.6. The van der Waals surface area contributed by atoms with Crippen molar-refractivity contribution in [2.75, 3.05) is 6.61 Å². The SMILES string of the molecule is NNC(CCCC1CCCO1)Cc1ccc(F)cc1. The van der Waals surface area contributed by atoms with Crippen molar-refractivity contribution in [3.63, 3.8) is 0 Å². The van der Waals surface area contributed by atoms with Crippen LogP contribution in [0.2, 0.25) is 0 Å². The highest BCUT2D eigenvalue weighted by Gasteiger charge is 2.16. The van der Waals surface area contributed by atoms with E-state index in [0.29, 0.717) is 6.10 Å². The lowest BCUT2D eigenvalue weighted by atomic mass is 10.00. The Kier molecular flexibility index (Phi) is 5.76. The first-order valence-electron chi connectivity index (χ1n) is 7.10. The summed E-state index contributed by atoms with van der Waals surface area (Å²) in [5.74, 6) is 5.39. The van der Waals surface area contributed by atoms with E-state index in [1.54, 1.807) is 0 Å². The van der Waals surface area contributed by atoms with Crippen molar-refractivity contribution in [1.29, 1.82) is 0 Å². The van der Waals surface area contributed by atoms with Crippen LogP contribution >= 0.6 is 0 Å². The molecule has 0 saturated carbocycles. The van der Waals surface area contributed by atoms with Gasteiger partial charge in [0.1, 0.15) is 5.82 Å². The summed E-state index contributed by atoms with van der Waals surface area (Å²) in [5, 5.41) is 0. The van der Waals surface area contributed by atoms with Crippen LogP contribution in [-0.2, 0) is 11.2 Å². The van der Waals surface area contributed by atoms with Crippen LogP contribution < -0.4 is 11.3 Å². The first kappa shape index (κ1) is 14.4. The summed E-state index contributed by atoms with van der Waals surface area (Å²) in [5.41, 5.74) is 3.97. The second-order valence-electron chi connectivity index (χ2n) is 5.26. The Bertz CT molecular complexity index is 363. The molecule has 1 fully saturated rings. The predicted octanol–water partition coefficient (Wildman–Crippen LogP) is 2.55. The van der Waals surface area contributed by atoms with Gasteiger partial charge in [0.25, 0.3) is 0 Å². The number of ether oxygens (including phenoxy) is 1. The fraction of sp³-hybridized carbons (Fsp3) is 0.600. The van der Waals surface area contributed by atoms with Crippen molar-refractivity contribution in [3.05, 3.63) is 35.6 Å². The van der Waals surface area contributed by atoms with Crippen LogP contribution in [0.1, 0.15) is 37.7 Å². The number of benzene rings is 1. The molecule has 1 aliphatic heterocycles. The van der Waals surface area contributed by atoms with E-state index < -0.39 is 0 Å². The maximum Gasteiger partial charge on any atom is 0.123 e. The average molecular weight is 266 g/mol. The Morgan fingerprint density at radius 1 is 1.37 bits per heavy atom. The molecule has 1 saturated heterocycles. The van der Waals surface area contributed by atoms with Crippen molar-refractivity contribution in [2.45, 2.75) is 50.7 Å². The molecule has 106 valence electrons. The van der Waals surface area contributed by atoms with Crippen molar-refractivity contribution in [3.8, 4) is 0 Å². The first-order chi connectivity index (χ1) is 9.28. The van der Waals surface area contributed by atoms with Crippen LogP contribution in [-0.4, -0.2) is 18.8 Å². The van der Waals surface area contributed by atoms with Crippen LogP contribution in [0.3, 0.4) is 0 Å². The molecule has 2 unspecified atom stereocenters. The number of hydrazine groups is 1. The summed E-state index contributed by atoms with van der Waals surface area (Å²) in [7, 11) is 0. The van der Waals surface area contributed by atoms with E-state index in [1.807, 2.05) is 12.1 Å². The molecule has 1 heterocycles. The zero-order valence-electron chi connectivity index (χ0n) is 11.3. The molecule has 2 rings (SSSR count). The Morgan fingerprint density at radius 3 is 2.79 bits per heavy atom. The van der Waals surface area contributed by atoms with Gasteiger partial charge < -0.3 is 4.74 Å². The van der Waals surface area contributed by atoms with Crippen molar-refractivity contribution in [1.82, 2.24) is 5.43 Å². The standard InChI is InChI=1S/C15H23FN2O/c16-13-8-6-12(7-9-13)11-14(18-17)3-1-4-15-5-2-10-19-15/h6-9,14-15,18H,1-5,10-11,17H2. The Hall–Kier alpha value is -0.970. The van der Waals surface area contributed by atoms with E-state index in [-0.39, 0.29) is 11.9 Å². The quantitative estimate of drug-likeness (QED) is 0.589. The lowest BCUT2D eigenvalue weighted by Gasteiger charge is -2.17. The van der Waals surface area contributed by atoms with E-state index in [9.17, 15) is 4.39 Å². The topological polar surface area (TPSA) is 47.3 Å². The number of halogens is 1. The molecule has 0 amide bonds.